The smallest absolute Gasteiger partial charge is 0.410 e. The number of anilines is 1. The molecule has 0 unspecified atom stereocenters. The maximum Gasteiger partial charge on any atom is 0.410 e. The Morgan fingerprint density at radius 1 is 1.15 bits per heavy atom. The standard InChI is InChI=1S/C26H30ClN3O3/c1-17-7-6-8-20(27)23(17)26(13-14-30(16-26)24(32)33-25(2,3)4)28-19-11-9-18-10-12-22(31)29(5)21(18)15-19/h6-12,15,28H,13-14,16H2,1-5H3/t26-/m1/s1. The molecule has 1 amide bonds. The van der Waals surface area contributed by atoms with E-state index < -0.39 is 11.1 Å². The van der Waals surface area contributed by atoms with Crippen LogP contribution in [0.15, 0.2) is 53.3 Å². The van der Waals surface area contributed by atoms with Crippen molar-refractivity contribution in [2.45, 2.75) is 45.3 Å². The first-order valence-corrected chi connectivity index (χ1v) is 11.5. The Morgan fingerprint density at radius 3 is 2.58 bits per heavy atom. The maximum atomic E-state index is 12.9. The number of halogens is 1. The Bertz CT molecular complexity index is 1260. The van der Waals surface area contributed by atoms with Crippen molar-refractivity contribution in [3.05, 3.63) is 75.0 Å². The predicted molar refractivity (Wildman–Crippen MR) is 133 cm³/mol. The van der Waals surface area contributed by atoms with E-state index in [1.165, 1.54) is 0 Å². The summed E-state index contributed by atoms with van der Waals surface area (Å²) in [5, 5.41) is 5.32. The number of likely N-dealkylation sites (tertiary alicyclic amines) is 1. The molecule has 1 fully saturated rings. The van der Waals surface area contributed by atoms with Gasteiger partial charge in [-0.05, 0) is 69.3 Å². The summed E-state index contributed by atoms with van der Waals surface area (Å²) in [7, 11) is 1.77. The Balaban J connectivity index is 1.77. The van der Waals surface area contributed by atoms with Gasteiger partial charge < -0.3 is 19.5 Å². The number of carbonyl (C=O) groups is 1. The number of aromatic nitrogens is 1. The number of hydrogen-bond donors (Lipinski definition) is 1. The Kier molecular flexibility index (Phi) is 5.91. The van der Waals surface area contributed by atoms with Gasteiger partial charge in [0.25, 0.3) is 5.56 Å². The number of nitrogens with one attached hydrogen (secondary N) is 1. The van der Waals surface area contributed by atoms with E-state index in [2.05, 4.69) is 5.32 Å². The molecule has 0 spiro atoms. The normalized spacial score (nSPS) is 18.5. The monoisotopic (exact) mass is 467 g/mol. The van der Waals surface area contributed by atoms with Gasteiger partial charge in [0.1, 0.15) is 5.60 Å². The molecule has 6 nitrogen and oxygen atoms in total. The molecule has 0 aliphatic carbocycles. The summed E-state index contributed by atoms with van der Waals surface area (Å²) in [4.78, 5) is 26.8. The lowest BCUT2D eigenvalue weighted by Crippen LogP contribution is -2.42. The minimum Gasteiger partial charge on any atom is -0.444 e. The number of hydrogen-bond acceptors (Lipinski definition) is 4. The van der Waals surface area contributed by atoms with Gasteiger partial charge in [-0.1, -0.05) is 29.8 Å². The van der Waals surface area contributed by atoms with Gasteiger partial charge in [0.15, 0.2) is 0 Å². The van der Waals surface area contributed by atoms with Crippen LogP contribution in [0.5, 0.6) is 0 Å². The number of fused-ring (bicyclic) bond motifs is 1. The van der Waals surface area contributed by atoms with E-state index >= 15 is 0 Å². The van der Waals surface area contributed by atoms with E-state index in [0.717, 1.165) is 27.7 Å². The van der Waals surface area contributed by atoms with Crippen molar-refractivity contribution in [1.82, 2.24) is 9.47 Å². The van der Waals surface area contributed by atoms with E-state index in [1.807, 2.05) is 70.2 Å². The van der Waals surface area contributed by atoms with Crippen molar-refractivity contribution < 1.29 is 9.53 Å². The third-order valence-electron chi connectivity index (χ3n) is 6.13. The van der Waals surface area contributed by atoms with Crippen molar-refractivity contribution in [1.29, 1.82) is 0 Å². The first-order chi connectivity index (χ1) is 15.5. The average molecular weight is 468 g/mol. The Hall–Kier alpha value is -2.99. The van der Waals surface area contributed by atoms with Gasteiger partial charge in [0, 0.05) is 35.9 Å². The van der Waals surface area contributed by atoms with Gasteiger partial charge in [-0.15, -0.1) is 0 Å². The summed E-state index contributed by atoms with van der Waals surface area (Å²) in [5.41, 5.74) is 2.48. The minimum absolute atomic E-state index is 0.0618. The van der Waals surface area contributed by atoms with Gasteiger partial charge in [0.2, 0.25) is 0 Å². The fourth-order valence-corrected chi connectivity index (χ4v) is 5.02. The largest absolute Gasteiger partial charge is 0.444 e. The maximum absolute atomic E-state index is 12.9. The van der Waals surface area contributed by atoms with Crippen LogP contribution >= 0.6 is 11.6 Å². The molecule has 3 aromatic rings. The highest BCUT2D eigenvalue weighted by Gasteiger charge is 2.44. The summed E-state index contributed by atoms with van der Waals surface area (Å²) in [6, 6.07) is 15.2. The van der Waals surface area contributed by atoms with E-state index in [4.69, 9.17) is 16.3 Å². The van der Waals surface area contributed by atoms with Crippen molar-refractivity contribution in [3.8, 4) is 0 Å². The molecular weight excluding hydrogens is 438 g/mol. The van der Waals surface area contributed by atoms with E-state index in [0.29, 0.717) is 24.5 Å². The van der Waals surface area contributed by atoms with E-state index in [-0.39, 0.29) is 11.7 Å². The Morgan fingerprint density at radius 2 is 1.88 bits per heavy atom. The highest BCUT2D eigenvalue weighted by Crippen LogP contribution is 2.41. The van der Waals surface area contributed by atoms with Gasteiger partial charge in [-0.2, -0.15) is 0 Å². The number of nitrogens with zero attached hydrogens (tertiary/aromatic N) is 2. The number of carbonyl (C=O) groups excluding carboxylic acids is 1. The quantitative estimate of drug-likeness (QED) is 0.556. The molecule has 174 valence electrons. The minimum atomic E-state index is -0.597. The van der Waals surface area contributed by atoms with E-state index in [1.54, 1.807) is 22.6 Å². The van der Waals surface area contributed by atoms with Gasteiger partial charge in [0.05, 0.1) is 17.6 Å². The third-order valence-corrected chi connectivity index (χ3v) is 6.45. The third kappa shape index (κ3) is 4.58. The molecule has 1 saturated heterocycles. The number of aryl methyl sites for hydroxylation is 2. The highest BCUT2D eigenvalue weighted by atomic mass is 35.5. The van der Waals surface area contributed by atoms with Crippen LogP contribution in [-0.2, 0) is 17.3 Å². The van der Waals surface area contributed by atoms with Crippen molar-refractivity contribution >= 4 is 34.3 Å². The fourth-order valence-electron chi connectivity index (χ4n) is 4.62. The van der Waals surface area contributed by atoms with Gasteiger partial charge >= 0.3 is 6.09 Å². The molecule has 0 bridgehead atoms. The summed E-state index contributed by atoms with van der Waals surface area (Å²) >= 11 is 6.72. The number of ether oxygens (including phenoxy) is 1. The molecular formula is C26H30ClN3O3. The number of benzene rings is 2. The summed E-state index contributed by atoms with van der Waals surface area (Å²) in [6.45, 7) is 8.58. The number of rotatable bonds is 3. The molecule has 0 saturated carbocycles. The lowest BCUT2D eigenvalue weighted by atomic mass is 9.85. The van der Waals surface area contributed by atoms with E-state index in [9.17, 15) is 9.59 Å². The molecule has 2 heterocycles. The predicted octanol–water partition coefficient (Wildman–Crippen LogP) is 5.45. The molecule has 1 aliphatic rings. The molecule has 0 radical (unpaired) electrons. The summed E-state index contributed by atoms with van der Waals surface area (Å²) in [6.07, 6.45) is 0.333. The molecule has 1 N–H and O–H groups in total. The van der Waals surface area contributed by atoms with Crippen LogP contribution in [-0.4, -0.2) is 34.3 Å². The number of amides is 1. The zero-order valence-electron chi connectivity index (χ0n) is 19.7. The molecule has 1 aromatic heterocycles. The van der Waals surface area contributed by atoms with Crippen molar-refractivity contribution in [2.75, 3.05) is 18.4 Å². The molecule has 33 heavy (non-hydrogen) atoms. The van der Waals surface area contributed by atoms with Gasteiger partial charge in [-0.3, -0.25) is 4.79 Å². The second-order valence-electron chi connectivity index (χ2n) is 9.79. The van der Waals surface area contributed by atoms with Crippen LogP contribution in [0.2, 0.25) is 5.02 Å². The summed E-state index contributed by atoms with van der Waals surface area (Å²) in [5.74, 6) is 0. The zero-order chi connectivity index (χ0) is 24.0. The second-order valence-corrected chi connectivity index (χ2v) is 10.2. The molecule has 7 heteroatoms. The topological polar surface area (TPSA) is 63.6 Å². The molecule has 2 aromatic carbocycles. The van der Waals surface area contributed by atoms with Gasteiger partial charge in [-0.25, -0.2) is 4.79 Å². The fraction of sp³-hybridized carbons (Fsp3) is 0.385. The highest BCUT2D eigenvalue weighted by molar-refractivity contribution is 6.31. The van der Waals surface area contributed by atoms with Crippen LogP contribution in [0.4, 0.5) is 10.5 Å². The first kappa shape index (κ1) is 23.2. The molecule has 1 aliphatic heterocycles. The zero-order valence-corrected chi connectivity index (χ0v) is 20.5. The molecule has 1 atom stereocenters. The van der Waals surface area contributed by atoms with Crippen LogP contribution in [0, 0.1) is 6.92 Å². The Labute approximate surface area is 199 Å². The second kappa shape index (κ2) is 8.41. The van der Waals surface area contributed by atoms with Crippen molar-refractivity contribution in [2.24, 2.45) is 7.05 Å². The van der Waals surface area contributed by atoms with Crippen LogP contribution in [0.1, 0.15) is 38.3 Å². The number of pyridine rings is 1. The SMILES string of the molecule is Cc1cccc(Cl)c1[C@@]1(Nc2ccc3ccc(=O)n(C)c3c2)CCN(C(=O)OC(C)(C)C)C1. The lowest BCUT2D eigenvalue weighted by Gasteiger charge is -2.35. The lowest BCUT2D eigenvalue weighted by molar-refractivity contribution is 0.0286. The van der Waals surface area contributed by atoms with Crippen LogP contribution < -0.4 is 10.9 Å². The van der Waals surface area contributed by atoms with Crippen LogP contribution in [0.25, 0.3) is 10.9 Å². The average Bonchev–Trinajstić information content (AvgIpc) is 3.14. The first-order valence-electron chi connectivity index (χ1n) is 11.1. The van der Waals surface area contributed by atoms with Crippen LogP contribution in [0.3, 0.4) is 0 Å². The summed E-state index contributed by atoms with van der Waals surface area (Å²) < 4.78 is 7.27. The molecule has 4 rings (SSSR count). The van der Waals surface area contributed by atoms with Crippen molar-refractivity contribution in [3.63, 3.8) is 0 Å².